The number of rotatable bonds is 6. The quantitative estimate of drug-likeness (QED) is 0.875. The van der Waals surface area contributed by atoms with E-state index in [4.69, 9.17) is 4.74 Å². The Morgan fingerprint density at radius 1 is 1.48 bits per heavy atom. The van der Waals surface area contributed by atoms with Crippen molar-refractivity contribution in [2.45, 2.75) is 52.2 Å². The van der Waals surface area contributed by atoms with E-state index in [-0.39, 0.29) is 17.9 Å². The van der Waals surface area contributed by atoms with Gasteiger partial charge in [0, 0.05) is 13.1 Å². The molecule has 23 heavy (non-hydrogen) atoms. The minimum absolute atomic E-state index is 0.0548. The highest BCUT2D eigenvalue weighted by Crippen LogP contribution is 2.18. The molecule has 0 unspecified atom stereocenters. The lowest BCUT2D eigenvalue weighted by atomic mass is 10.0. The standard InChI is InChI=1S/C18H26N2O3/c1-4-5-9-16-17(21)19-10-11-20(16)18(22)14(3)23-15-8-6-7-13(2)12-15/h6-8,12,14,16H,4-5,9-11H2,1-3H3,(H,19,21)/t14-,16-/m1/s1. The van der Waals surface area contributed by atoms with Gasteiger partial charge in [-0.25, -0.2) is 0 Å². The van der Waals surface area contributed by atoms with Crippen molar-refractivity contribution in [3.8, 4) is 5.75 Å². The summed E-state index contributed by atoms with van der Waals surface area (Å²) in [7, 11) is 0. The molecule has 2 rings (SSSR count). The molecule has 0 radical (unpaired) electrons. The van der Waals surface area contributed by atoms with Gasteiger partial charge in [0.25, 0.3) is 5.91 Å². The van der Waals surface area contributed by atoms with Gasteiger partial charge in [-0.05, 0) is 38.0 Å². The molecule has 1 heterocycles. The number of ether oxygens (including phenoxy) is 1. The average molecular weight is 318 g/mol. The number of carbonyl (C=O) groups excluding carboxylic acids is 2. The summed E-state index contributed by atoms with van der Waals surface area (Å²) < 4.78 is 5.78. The molecule has 2 amide bonds. The fraction of sp³-hybridized carbons (Fsp3) is 0.556. The van der Waals surface area contributed by atoms with Gasteiger partial charge in [0.1, 0.15) is 11.8 Å². The molecule has 0 saturated carbocycles. The monoisotopic (exact) mass is 318 g/mol. The first-order valence-corrected chi connectivity index (χ1v) is 8.34. The van der Waals surface area contributed by atoms with Gasteiger partial charge in [0.15, 0.2) is 6.10 Å². The molecule has 1 aromatic rings. The van der Waals surface area contributed by atoms with Crippen LogP contribution in [0.4, 0.5) is 0 Å². The van der Waals surface area contributed by atoms with E-state index in [2.05, 4.69) is 12.2 Å². The van der Waals surface area contributed by atoms with Gasteiger partial charge in [0.2, 0.25) is 5.91 Å². The fourth-order valence-electron chi connectivity index (χ4n) is 2.84. The van der Waals surface area contributed by atoms with Crippen LogP contribution in [0.2, 0.25) is 0 Å². The van der Waals surface area contributed by atoms with Gasteiger partial charge in [-0.15, -0.1) is 0 Å². The van der Waals surface area contributed by atoms with Crippen molar-refractivity contribution in [3.63, 3.8) is 0 Å². The largest absolute Gasteiger partial charge is 0.481 e. The summed E-state index contributed by atoms with van der Waals surface area (Å²) in [6.07, 6.45) is 2.02. The number of hydrogen-bond acceptors (Lipinski definition) is 3. The van der Waals surface area contributed by atoms with Gasteiger partial charge in [-0.2, -0.15) is 0 Å². The minimum Gasteiger partial charge on any atom is -0.481 e. The van der Waals surface area contributed by atoms with Crippen LogP contribution < -0.4 is 10.1 Å². The minimum atomic E-state index is -0.605. The van der Waals surface area contributed by atoms with Crippen LogP contribution in [-0.2, 0) is 9.59 Å². The number of piperazine rings is 1. The molecule has 1 N–H and O–H groups in total. The average Bonchev–Trinajstić information content (AvgIpc) is 2.53. The molecule has 1 aliphatic heterocycles. The maximum atomic E-state index is 12.7. The van der Waals surface area contributed by atoms with Crippen LogP contribution in [-0.4, -0.2) is 41.9 Å². The number of benzene rings is 1. The van der Waals surface area contributed by atoms with E-state index in [1.165, 1.54) is 0 Å². The third-order valence-corrected chi connectivity index (χ3v) is 4.10. The summed E-state index contributed by atoms with van der Waals surface area (Å²) >= 11 is 0. The molecule has 0 bridgehead atoms. The molecule has 0 spiro atoms. The number of carbonyl (C=O) groups is 2. The number of aryl methyl sites for hydroxylation is 1. The maximum absolute atomic E-state index is 12.7. The lowest BCUT2D eigenvalue weighted by Crippen LogP contribution is -2.59. The fourth-order valence-corrected chi connectivity index (χ4v) is 2.84. The lowest BCUT2D eigenvalue weighted by molar-refractivity contribution is -0.148. The second-order valence-electron chi connectivity index (χ2n) is 6.06. The lowest BCUT2D eigenvalue weighted by Gasteiger charge is -2.36. The Morgan fingerprint density at radius 2 is 2.26 bits per heavy atom. The molecule has 126 valence electrons. The van der Waals surface area contributed by atoms with Crippen LogP contribution in [0.5, 0.6) is 5.75 Å². The van der Waals surface area contributed by atoms with Crippen molar-refractivity contribution >= 4 is 11.8 Å². The van der Waals surface area contributed by atoms with E-state index in [1.807, 2.05) is 31.2 Å². The van der Waals surface area contributed by atoms with Crippen LogP contribution in [0.15, 0.2) is 24.3 Å². The smallest absolute Gasteiger partial charge is 0.264 e. The highest BCUT2D eigenvalue weighted by atomic mass is 16.5. The third kappa shape index (κ3) is 4.47. The number of hydrogen-bond donors (Lipinski definition) is 1. The summed E-state index contributed by atoms with van der Waals surface area (Å²) in [6.45, 7) is 6.85. The van der Waals surface area contributed by atoms with E-state index < -0.39 is 6.10 Å². The Labute approximate surface area is 138 Å². The van der Waals surface area contributed by atoms with Crippen LogP contribution in [0, 0.1) is 6.92 Å². The van der Waals surface area contributed by atoms with Crippen LogP contribution in [0.1, 0.15) is 38.7 Å². The third-order valence-electron chi connectivity index (χ3n) is 4.10. The number of nitrogens with zero attached hydrogens (tertiary/aromatic N) is 1. The molecule has 0 aromatic heterocycles. The molecule has 5 nitrogen and oxygen atoms in total. The SMILES string of the molecule is CCCC[C@@H]1C(=O)NCCN1C(=O)[C@@H](C)Oc1cccc(C)c1. The summed E-state index contributed by atoms with van der Waals surface area (Å²) in [5.41, 5.74) is 1.08. The molecule has 1 fully saturated rings. The van der Waals surface area contributed by atoms with Crippen LogP contribution >= 0.6 is 0 Å². The molecular formula is C18H26N2O3. The predicted octanol–water partition coefficient (Wildman–Crippen LogP) is 2.28. The van der Waals surface area contributed by atoms with Gasteiger partial charge < -0.3 is 15.0 Å². The van der Waals surface area contributed by atoms with Gasteiger partial charge in [-0.3, -0.25) is 9.59 Å². The molecule has 1 aromatic carbocycles. The summed E-state index contributed by atoms with van der Waals surface area (Å²) in [5.74, 6) is 0.501. The first kappa shape index (κ1) is 17.3. The molecule has 5 heteroatoms. The van der Waals surface area contributed by atoms with Gasteiger partial charge in [0.05, 0.1) is 0 Å². The Morgan fingerprint density at radius 3 is 2.96 bits per heavy atom. The van der Waals surface area contributed by atoms with E-state index >= 15 is 0 Å². The molecular weight excluding hydrogens is 292 g/mol. The Bertz CT molecular complexity index is 559. The highest BCUT2D eigenvalue weighted by Gasteiger charge is 2.35. The Hall–Kier alpha value is -2.04. The van der Waals surface area contributed by atoms with E-state index in [1.54, 1.807) is 11.8 Å². The van der Waals surface area contributed by atoms with Crippen LogP contribution in [0.25, 0.3) is 0 Å². The van der Waals surface area contributed by atoms with E-state index in [0.717, 1.165) is 18.4 Å². The van der Waals surface area contributed by atoms with Crippen molar-refractivity contribution in [2.75, 3.05) is 13.1 Å². The summed E-state index contributed by atoms with van der Waals surface area (Å²) in [4.78, 5) is 26.5. The van der Waals surface area contributed by atoms with Crippen molar-refractivity contribution in [1.29, 1.82) is 0 Å². The summed E-state index contributed by atoms with van der Waals surface area (Å²) in [6, 6.07) is 7.25. The Kier molecular flexibility index (Phi) is 6.02. The number of nitrogens with one attached hydrogen (secondary N) is 1. The first-order valence-electron chi connectivity index (χ1n) is 8.34. The number of amides is 2. The number of unbranched alkanes of at least 4 members (excludes halogenated alkanes) is 1. The normalized spacial score (nSPS) is 19.2. The van der Waals surface area contributed by atoms with E-state index in [9.17, 15) is 9.59 Å². The van der Waals surface area contributed by atoms with Crippen molar-refractivity contribution in [3.05, 3.63) is 29.8 Å². The molecule has 0 aliphatic carbocycles. The van der Waals surface area contributed by atoms with Crippen LogP contribution in [0.3, 0.4) is 0 Å². The zero-order valence-corrected chi connectivity index (χ0v) is 14.2. The maximum Gasteiger partial charge on any atom is 0.264 e. The summed E-state index contributed by atoms with van der Waals surface area (Å²) in [5, 5.41) is 2.85. The Balaban J connectivity index is 2.05. The van der Waals surface area contributed by atoms with Gasteiger partial charge in [-0.1, -0.05) is 31.9 Å². The first-order chi connectivity index (χ1) is 11.0. The second-order valence-corrected chi connectivity index (χ2v) is 6.06. The van der Waals surface area contributed by atoms with Crippen molar-refractivity contribution in [2.24, 2.45) is 0 Å². The predicted molar refractivity (Wildman–Crippen MR) is 89.3 cm³/mol. The topological polar surface area (TPSA) is 58.6 Å². The molecule has 2 atom stereocenters. The van der Waals surface area contributed by atoms with Crippen molar-refractivity contribution in [1.82, 2.24) is 10.2 Å². The molecule has 1 saturated heterocycles. The molecule has 1 aliphatic rings. The van der Waals surface area contributed by atoms with E-state index in [0.29, 0.717) is 25.3 Å². The van der Waals surface area contributed by atoms with Crippen molar-refractivity contribution < 1.29 is 14.3 Å². The second kappa shape index (κ2) is 7.99. The zero-order valence-electron chi connectivity index (χ0n) is 14.2. The van der Waals surface area contributed by atoms with Gasteiger partial charge >= 0.3 is 0 Å². The zero-order chi connectivity index (χ0) is 16.8. The highest BCUT2D eigenvalue weighted by molar-refractivity contribution is 5.90.